The van der Waals surface area contributed by atoms with Crippen molar-refractivity contribution in [3.05, 3.63) is 17.6 Å². The maximum absolute atomic E-state index is 12.4. The van der Waals surface area contributed by atoms with E-state index in [1.165, 1.54) is 0 Å². The van der Waals surface area contributed by atoms with Crippen molar-refractivity contribution in [2.75, 3.05) is 18.0 Å². The summed E-state index contributed by atoms with van der Waals surface area (Å²) < 4.78 is 0. The van der Waals surface area contributed by atoms with Crippen molar-refractivity contribution >= 4 is 11.7 Å². The van der Waals surface area contributed by atoms with Crippen LogP contribution in [-0.2, 0) is 4.79 Å². The van der Waals surface area contributed by atoms with E-state index in [0.717, 1.165) is 43.1 Å². The Bertz CT molecular complexity index is 521. The third-order valence-electron chi connectivity index (χ3n) is 3.64. The minimum absolute atomic E-state index is 0.0275. The van der Waals surface area contributed by atoms with E-state index >= 15 is 0 Å². The van der Waals surface area contributed by atoms with Gasteiger partial charge in [0.15, 0.2) is 0 Å². The van der Waals surface area contributed by atoms with Crippen molar-refractivity contribution in [1.82, 2.24) is 15.3 Å². The molecule has 21 heavy (non-hydrogen) atoms. The van der Waals surface area contributed by atoms with Gasteiger partial charge in [-0.3, -0.25) is 9.78 Å². The summed E-state index contributed by atoms with van der Waals surface area (Å²) in [6.07, 6.45) is 3.74. The number of hydrogen-bond acceptors (Lipinski definition) is 4. The molecule has 0 bridgehead atoms. The summed E-state index contributed by atoms with van der Waals surface area (Å²) in [6, 6.07) is 0. The van der Waals surface area contributed by atoms with Gasteiger partial charge in [-0.25, -0.2) is 4.98 Å². The number of nitrogens with one attached hydrogen (secondary N) is 1. The van der Waals surface area contributed by atoms with E-state index in [1.54, 1.807) is 6.20 Å². The lowest BCUT2D eigenvalue weighted by molar-refractivity contribution is -0.126. The van der Waals surface area contributed by atoms with Crippen LogP contribution in [0.1, 0.15) is 45.0 Å². The SMILES string of the molecule is Cc1cnc(C)c(N2CCCC(C(=O)NC(C)(C)C)C2)n1. The zero-order valence-corrected chi connectivity index (χ0v) is 13.7. The molecule has 1 aromatic rings. The van der Waals surface area contributed by atoms with Gasteiger partial charge in [-0.05, 0) is 47.5 Å². The Hall–Kier alpha value is -1.65. The van der Waals surface area contributed by atoms with Crippen LogP contribution in [0.25, 0.3) is 0 Å². The fourth-order valence-corrected chi connectivity index (χ4v) is 2.68. The van der Waals surface area contributed by atoms with Gasteiger partial charge in [0, 0.05) is 24.8 Å². The highest BCUT2D eigenvalue weighted by atomic mass is 16.2. The summed E-state index contributed by atoms with van der Waals surface area (Å²) in [5, 5.41) is 3.09. The van der Waals surface area contributed by atoms with Crippen LogP contribution in [-0.4, -0.2) is 34.5 Å². The molecular weight excluding hydrogens is 264 g/mol. The van der Waals surface area contributed by atoms with E-state index in [4.69, 9.17) is 0 Å². The fourth-order valence-electron chi connectivity index (χ4n) is 2.68. The Morgan fingerprint density at radius 3 is 2.76 bits per heavy atom. The molecule has 116 valence electrons. The van der Waals surface area contributed by atoms with Crippen LogP contribution in [0, 0.1) is 19.8 Å². The second-order valence-electron chi connectivity index (χ2n) is 6.94. The molecule has 0 spiro atoms. The molecule has 1 unspecified atom stereocenters. The predicted octanol–water partition coefficient (Wildman–Crippen LogP) is 2.22. The number of amides is 1. The van der Waals surface area contributed by atoms with Gasteiger partial charge in [-0.15, -0.1) is 0 Å². The third kappa shape index (κ3) is 4.16. The van der Waals surface area contributed by atoms with Gasteiger partial charge in [0.1, 0.15) is 5.82 Å². The number of carbonyl (C=O) groups excluding carboxylic acids is 1. The lowest BCUT2D eigenvalue weighted by atomic mass is 9.95. The summed E-state index contributed by atoms with van der Waals surface area (Å²) in [5.41, 5.74) is 1.66. The Morgan fingerprint density at radius 2 is 2.10 bits per heavy atom. The van der Waals surface area contributed by atoms with E-state index in [9.17, 15) is 4.79 Å². The van der Waals surface area contributed by atoms with Gasteiger partial charge >= 0.3 is 0 Å². The summed E-state index contributed by atoms with van der Waals surface area (Å²) in [4.78, 5) is 23.5. The molecule has 2 rings (SSSR count). The topological polar surface area (TPSA) is 58.1 Å². The highest BCUT2D eigenvalue weighted by molar-refractivity contribution is 5.80. The zero-order valence-electron chi connectivity index (χ0n) is 13.7. The minimum Gasteiger partial charge on any atom is -0.354 e. The lowest BCUT2D eigenvalue weighted by Gasteiger charge is -2.35. The Kier molecular flexibility index (Phi) is 4.49. The molecule has 1 amide bonds. The number of hydrogen-bond donors (Lipinski definition) is 1. The summed E-state index contributed by atoms with van der Waals surface area (Å²) in [5.74, 6) is 1.09. The Balaban J connectivity index is 2.10. The van der Waals surface area contributed by atoms with Crippen LogP contribution >= 0.6 is 0 Å². The average Bonchev–Trinajstić information content (AvgIpc) is 2.40. The molecule has 1 aliphatic rings. The second kappa shape index (κ2) is 6.00. The zero-order chi connectivity index (χ0) is 15.6. The van der Waals surface area contributed by atoms with Crippen LogP contribution in [0.2, 0.25) is 0 Å². The van der Waals surface area contributed by atoms with Crippen molar-refractivity contribution in [1.29, 1.82) is 0 Å². The van der Waals surface area contributed by atoms with Crippen LogP contribution in [0.3, 0.4) is 0 Å². The van der Waals surface area contributed by atoms with Crippen LogP contribution < -0.4 is 10.2 Å². The molecular formula is C16H26N4O. The normalized spacial score (nSPS) is 19.5. The summed E-state index contributed by atoms with van der Waals surface area (Å²) >= 11 is 0. The second-order valence-corrected chi connectivity index (χ2v) is 6.94. The molecule has 0 aromatic carbocycles. The van der Waals surface area contributed by atoms with Crippen molar-refractivity contribution in [2.45, 2.75) is 53.0 Å². The molecule has 1 atom stereocenters. The van der Waals surface area contributed by atoms with Crippen molar-refractivity contribution < 1.29 is 4.79 Å². The first-order chi connectivity index (χ1) is 9.76. The molecule has 0 radical (unpaired) electrons. The maximum atomic E-state index is 12.4. The maximum Gasteiger partial charge on any atom is 0.225 e. The first kappa shape index (κ1) is 15.7. The van der Waals surface area contributed by atoms with Gasteiger partial charge in [0.2, 0.25) is 5.91 Å². The van der Waals surface area contributed by atoms with Gasteiger partial charge in [0.05, 0.1) is 17.3 Å². The number of aromatic nitrogens is 2. The van der Waals surface area contributed by atoms with Gasteiger partial charge in [-0.2, -0.15) is 0 Å². The molecule has 0 saturated carbocycles. The van der Waals surface area contributed by atoms with Crippen molar-refractivity contribution in [2.24, 2.45) is 5.92 Å². The van der Waals surface area contributed by atoms with Gasteiger partial charge in [0.25, 0.3) is 0 Å². The van der Waals surface area contributed by atoms with E-state index in [1.807, 2.05) is 34.6 Å². The molecule has 5 heteroatoms. The largest absolute Gasteiger partial charge is 0.354 e. The highest BCUT2D eigenvalue weighted by Gasteiger charge is 2.29. The molecule has 1 aliphatic heterocycles. The Labute approximate surface area is 127 Å². The van der Waals surface area contributed by atoms with Gasteiger partial charge < -0.3 is 10.2 Å². The molecule has 1 fully saturated rings. The summed E-state index contributed by atoms with van der Waals surface area (Å²) in [7, 11) is 0. The average molecular weight is 290 g/mol. The molecule has 5 nitrogen and oxygen atoms in total. The number of anilines is 1. The highest BCUT2D eigenvalue weighted by Crippen LogP contribution is 2.24. The van der Waals surface area contributed by atoms with E-state index in [2.05, 4.69) is 20.2 Å². The molecule has 1 aromatic heterocycles. The summed E-state index contributed by atoms with van der Waals surface area (Å²) in [6.45, 7) is 11.6. The lowest BCUT2D eigenvalue weighted by Crippen LogP contribution is -2.49. The van der Waals surface area contributed by atoms with Crippen LogP contribution in [0.5, 0.6) is 0 Å². The third-order valence-corrected chi connectivity index (χ3v) is 3.64. The minimum atomic E-state index is -0.182. The number of nitrogens with zero attached hydrogens (tertiary/aromatic N) is 3. The standard InChI is InChI=1S/C16H26N4O/c1-11-9-17-12(2)14(18-11)20-8-6-7-13(10-20)15(21)19-16(3,4)5/h9,13H,6-8,10H2,1-5H3,(H,19,21). The first-order valence-electron chi connectivity index (χ1n) is 7.63. The van der Waals surface area contributed by atoms with Crippen LogP contribution in [0.15, 0.2) is 6.20 Å². The fraction of sp³-hybridized carbons (Fsp3) is 0.688. The molecule has 1 saturated heterocycles. The van der Waals surface area contributed by atoms with E-state index < -0.39 is 0 Å². The smallest absolute Gasteiger partial charge is 0.225 e. The first-order valence-corrected chi connectivity index (χ1v) is 7.63. The number of carbonyl (C=O) groups is 1. The predicted molar refractivity (Wildman–Crippen MR) is 84.3 cm³/mol. The van der Waals surface area contributed by atoms with Gasteiger partial charge in [-0.1, -0.05) is 0 Å². The monoisotopic (exact) mass is 290 g/mol. The molecule has 2 heterocycles. The molecule has 0 aliphatic carbocycles. The quantitative estimate of drug-likeness (QED) is 0.907. The van der Waals surface area contributed by atoms with Crippen molar-refractivity contribution in [3.63, 3.8) is 0 Å². The Morgan fingerprint density at radius 1 is 1.38 bits per heavy atom. The van der Waals surface area contributed by atoms with E-state index in [-0.39, 0.29) is 17.4 Å². The number of rotatable bonds is 2. The van der Waals surface area contributed by atoms with E-state index in [0.29, 0.717) is 0 Å². The van der Waals surface area contributed by atoms with Crippen LogP contribution in [0.4, 0.5) is 5.82 Å². The van der Waals surface area contributed by atoms with Crippen molar-refractivity contribution in [3.8, 4) is 0 Å². The number of piperidine rings is 1. The number of aryl methyl sites for hydroxylation is 2. The molecule has 1 N–H and O–H groups in total.